The third kappa shape index (κ3) is 3.47. The van der Waals surface area contributed by atoms with Gasteiger partial charge in [0.2, 0.25) is 5.91 Å². The van der Waals surface area contributed by atoms with Crippen molar-refractivity contribution < 1.29 is 4.79 Å². The van der Waals surface area contributed by atoms with Crippen molar-refractivity contribution in [3.8, 4) is 0 Å². The van der Waals surface area contributed by atoms with Gasteiger partial charge in [-0.3, -0.25) is 9.69 Å². The summed E-state index contributed by atoms with van der Waals surface area (Å²) in [7, 11) is 0. The van der Waals surface area contributed by atoms with Crippen LogP contribution in [0.15, 0.2) is 18.2 Å². The number of benzene rings is 1. The Morgan fingerprint density at radius 3 is 2.84 bits per heavy atom. The summed E-state index contributed by atoms with van der Waals surface area (Å²) < 4.78 is 0. The molecule has 1 saturated heterocycles. The molecular weight excluding hydrogens is 238 g/mol. The van der Waals surface area contributed by atoms with E-state index in [1.165, 1.54) is 0 Å². The minimum Gasteiger partial charge on any atom is -0.398 e. The first-order chi connectivity index (χ1) is 8.87. The van der Waals surface area contributed by atoms with Crippen molar-refractivity contribution in [2.45, 2.75) is 27.2 Å². The Morgan fingerprint density at radius 1 is 1.47 bits per heavy atom. The Hall–Kier alpha value is -1.55. The molecule has 19 heavy (non-hydrogen) atoms. The highest BCUT2D eigenvalue weighted by Gasteiger charge is 2.29. The summed E-state index contributed by atoms with van der Waals surface area (Å²) >= 11 is 0. The highest BCUT2D eigenvalue weighted by molar-refractivity contribution is 5.93. The van der Waals surface area contributed by atoms with Crippen LogP contribution in [0.4, 0.5) is 11.4 Å². The van der Waals surface area contributed by atoms with Gasteiger partial charge in [0.05, 0.1) is 6.54 Å². The van der Waals surface area contributed by atoms with Crippen molar-refractivity contribution in [2.75, 3.05) is 30.7 Å². The maximum absolute atomic E-state index is 12.0. The van der Waals surface area contributed by atoms with E-state index in [0.717, 1.165) is 30.8 Å². The molecule has 1 aromatic rings. The first-order valence-corrected chi connectivity index (χ1v) is 6.75. The lowest BCUT2D eigenvalue weighted by Gasteiger charge is -2.19. The number of likely N-dealkylation sites (tertiary alicyclic amines) is 1. The Labute approximate surface area is 115 Å². The third-order valence-corrected chi connectivity index (χ3v) is 3.77. The summed E-state index contributed by atoms with van der Waals surface area (Å²) in [6, 6.07) is 5.59. The molecule has 1 aliphatic rings. The van der Waals surface area contributed by atoms with Crippen LogP contribution in [0, 0.1) is 12.3 Å². The van der Waals surface area contributed by atoms with Crippen molar-refractivity contribution in [3.63, 3.8) is 0 Å². The number of hydrogen-bond donors (Lipinski definition) is 2. The Balaban J connectivity index is 1.93. The van der Waals surface area contributed by atoms with Crippen LogP contribution in [0.25, 0.3) is 0 Å². The van der Waals surface area contributed by atoms with E-state index in [1.54, 1.807) is 0 Å². The third-order valence-electron chi connectivity index (χ3n) is 3.77. The zero-order valence-electron chi connectivity index (χ0n) is 12.0. The number of amides is 1. The van der Waals surface area contributed by atoms with Crippen LogP contribution >= 0.6 is 0 Å². The second-order valence-corrected chi connectivity index (χ2v) is 6.19. The lowest BCUT2D eigenvalue weighted by Crippen LogP contribution is -2.32. The van der Waals surface area contributed by atoms with Gasteiger partial charge in [0.15, 0.2) is 0 Å². The smallest absolute Gasteiger partial charge is 0.238 e. The molecule has 104 valence electrons. The van der Waals surface area contributed by atoms with Gasteiger partial charge in [-0.05, 0) is 43.0 Å². The summed E-state index contributed by atoms with van der Waals surface area (Å²) in [6.07, 6.45) is 1.15. The SMILES string of the molecule is Cc1c(N)cccc1NC(=O)CN1CCC(C)(C)C1. The van der Waals surface area contributed by atoms with Crippen LogP contribution in [-0.2, 0) is 4.79 Å². The molecule has 1 fully saturated rings. The van der Waals surface area contributed by atoms with Crippen LogP contribution < -0.4 is 11.1 Å². The molecule has 0 atom stereocenters. The lowest BCUT2D eigenvalue weighted by molar-refractivity contribution is -0.117. The second-order valence-electron chi connectivity index (χ2n) is 6.19. The van der Waals surface area contributed by atoms with Crippen LogP contribution in [0.1, 0.15) is 25.8 Å². The quantitative estimate of drug-likeness (QED) is 0.820. The summed E-state index contributed by atoms with van der Waals surface area (Å²) in [6.45, 7) is 8.84. The normalized spacial score (nSPS) is 18.5. The molecule has 0 aliphatic carbocycles. The molecule has 4 heteroatoms. The van der Waals surface area contributed by atoms with Crippen molar-refractivity contribution in [2.24, 2.45) is 5.41 Å². The molecule has 0 bridgehead atoms. The molecule has 3 N–H and O–H groups in total. The molecule has 4 nitrogen and oxygen atoms in total. The van der Waals surface area contributed by atoms with Gasteiger partial charge in [-0.25, -0.2) is 0 Å². The maximum Gasteiger partial charge on any atom is 0.238 e. The Bertz CT molecular complexity index is 482. The molecule has 1 amide bonds. The van der Waals surface area contributed by atoms with Gasteiger partial charge in [-0.15, -0.1) is 0 Å². The number of rotatable bonds is 3. The molecule has 2 rings (SSSR count). The molecule has 0 unspecified atom stereocenters. The zero-order valence-corrected chi connectivity index (χ0v) is 12.0. The van der Waals surface area contributed by atoms with Crippen LogP contribution in [0.5, 0.6) is 0 Å². The summed E-state index contributed by atoms with van der Waals surface area (Å²) in [5.74, 6) is 0.0337. The van der Waals surface area contributed by atoms with Gasteiger partial charge in [0.1, 0.15) is 0 Å². The molecule has 0 saturated carbocycles. The van der Waals surface area contributed by atoms with E-state index in [2.05, 4.69) is 24.1 Å². The summed E-state index contributed by atoms with van der Waals surface area (Å²) in [5.41, 5.74) is 8.61. The van der Waals surface area contributed by atoms with Gasteiger partial charge < -0.3 is 11.1 Å². The number of nitrogens with one attached hydrogen (secondary N) is 1. The standard InChI is InChI=1S/C15H23N3O/c1-11-12(16)5-4-6-13(11)17-14(19)9-18-8-7-15(2,3)10-18/h4-6H,7-10,16H2,1-3H3,(H,17,19). The minimum atomic E-state index is 0.0337. The number of hydrogen-bond acceptors (Lipinski definition) is 3. The Kier molecular flexibility index (Phi) is 3.80. The van der Waals surface area contributed by atoms with E-state index >= 15 is 0 Å². The predicted octanol–water partition coefficient (Wildman–Crippen LogP) is 2.25. The summed E-state index contributed by atoms with van der Waals surface area (Å²) in [5, 5.41) is 2.94. The van der Waals surface area contributed by atoms with Crippen molar-refractivity contribution in [1.82, 2.24) is 4.90 Å². The molecule has 0 aromatic heterocycles. The topological polar surface area (TPSA) is 58.4 Å². The van der Waals surface area contributed by atoms with Gasteiger partial charge in [0.25, 0.3) is 0 Å². The van der Waals surface area contributed by atoms with Crippen LogP contribution in [-0.4, -0.2) is 30.4 Å². The highest BCUT2D eigenvalue weighted by Crippen LogP contribution is 2.28. The highest BCUT2D eigenvalue weighted by atomic mass is 16.2. The average molecular weight is 261 g/mol. The van der Waals surface area contributed by atoms with Crippen LogP contribution in [0.3, 0.4) is 0 Å². The molecule has 0 spiro atoms. The zero-order chi connectivity index (χ0) is 14.0. The van der Waals surface area contributed by atoms with E-state index in [9.17, 15) is 4.79 Å². The van der Waals surface area contributed by atoms with Crippen molar-refractivity contribution in [1.29, 1.82) is 0 Å². The van der Waals surface area contributed by atoms with Gasteiger partial charge in [-0.2, -0.15) is 0 Å². The molecule has 0 radical (unpaired) electrons. The average Bonchev–Trinajstić information content (AvgIpc) is 2.64. The molecule has 1 heterocycles. The summed E-state index contributed by atoms with van der Waals surface area (Å²) in [4.78, 5) is 14.3. The number of carbonyl (C=O) groups excluding carboxylic acids is 1. The largest absolute Gasteiger partial charge is 0.398 e. The van der Waals surface area contributed by atoms with Gasteiger partial charge >= 0.3 is 0 Å². The second kappa shape index (κ2) is 5.21. The van der Waals surface area contributed by atoms with E-state index in [4.69, 9.17) is 5.73 Å². The monoisotopic (exact) mass is 261 g/mol. The number of carbonyl (C=O) groups is 1. The first-order valence-electron chi connectivity index (χ1n) is 6.75. The predicted molar refractivity (Wildman–Crippen MR) is 79.1 cm³/mol. The number of nitrogens with zero attached hydrogens (tertiary/aromatic N) is 1. The molecule has 1 aliphatic heterocycles. The fourth-order valence-electron chi connectivity index (χ4n) is 2.54. The van der Waals surface area contributed by atoms with Crippen molar-refractivity contribution in [3.05, 3.63) is 23.8 Å². The van der Waals surface area contributed by atoms with Gasteiger partial charge in [0, 0.05) is 17.9 Å². The van der Waals surface area contributed by atoms with E-state index in [-0.39, 0.29) is 5.91 Å². The fraction of sp³-hybridized carbons (Fsp3) is 0.533. The first kappa shape index (κ1) is 13.9. The molecular formula is C15H23N3O. The number of anilines is 2. The van der Waals surface area contributed by atoms with Crippen LogP contribution in [0.2, 0.25) is 0 Å². The Morgan fingerprint density at radius 2 is 2.21 bits per heavy atom. The van der Waals surface area contributed by atoms with E-state index in [0.29, 0.717) is 17.6 Å². The maximum atomic E-state index is 12.0. The van der Waals surface area contributed by atoms with Gasteiger partial charge in [-0.1, -0.05) is 19.9 Å². The number of nitrogens with two attached hydrogens (primary N) is 1. The fourth-order valence-corrected chi connectivity index (χ4v) is 2.54. The minimum absolute atomic E-state index is 0.0337. The van der Waals surface area contributed by atoms with E-state index in [1.807, 2.05) is 25.1 Å². The van der Waals surface area contributed by atoms with E-state index < -0.39 is 0 Å². The lowest BCUT2D eigenvalue weighted by atomic mass is 9.93. The van der Waals surface area contributed by atoms with Crippen molar-refractivity contribution >= 4 is 17.3 Å². The number of nitrogen functional groups attached to an aromatic ring is 1. The molecule has 1 aromatic carbocycles.